The molecule has 2 fully saturated rings. The summed E-state index contributed by atoms with van der Waals surface area (Å²) in [5, 5.41) is 7.55. The van der Waals surface area contributed by atoms with Gasteiger partial charge < -0.3 is 9.64 Å². The molecule has 1 N–H and O–H groups in total. The lowest BCUT2D eigenvalue weighted by atomic mass is 9.87. The van der Waals surface area contributed by atoms with Crippen molar-refractivity contribution in [3.8, 4) is 0 Å². The van der Waals surface area contributed by atoms with Gasteiger partial charge in [-0.25, -0.2) is 0 Å². The van der Waals surface area contributed by atoms with E-state index >= 15 is 0 Å². The molecule has 2 unspecified atom stereocenters. The molecule has 0 aromatic carbocycles. The maximum Gasteiger partial charge on any atom is 0.241 e. The molecule has 4 nitrogen and oxygen atoms in total. The third-order valence-corrected chi connectivity index (χ3v) is 4.67. The van der Waals surface area contributed by atoms with Gasteiger partial charge in [-0.2, -0.15) is 11.3 Å². The van der Waals surface area contributed by atoms with E-state index in [1.54, 1.807) is 18.4 Å². The third-order valence-electron chi connectivity index (χ3n) is 3.97. The van der Waals surface area contributed by atoms with Gasteiger partial charge in [0.1, 0.15) is 6.17 Å². The molecule has 1 aliphatic carbocycles. The Balaban J connectivity index is 1.79. The second kappa shape index (κ2) is 4.64. The molecule has 2 atom stereocenters. The summed E-state index contributed by atoms with van der Waals surface area (Å²) in [6.07, 6.45) is 2.28. The highest BCUT2D eigenvalue weighted by Crippen LogP contribution is 2.37. The van der Waals surface area contributed by atoms with Crippen LogP contribution in [0.3, 0.4) is 0 Å². The zero-order chi connectivity index (χ0) is 12.7. The third kappa shape index (κ3) is 1.86. The zero-order valence-corrected chi connectivity index (χ0v) is 11.4. The van der Waals surface area contributed by atoms with E-state index < -0.39 is 0 Å². The zero-order valence-electron chi connectivity index (χ0n) is 10.6. The van der Waals surface area contributed by atoms with Crippen LogP contribution in [0, 0.1) is 0 Å². The highest BCUT2D eigenvalue weighted by Gasteiger charge is 2.45. The molecule has 1 aliphatic heterocycles. The van der Waals surface area contributed by atoms with E-state index in [9.17, 15) is 4.79 Å². The van der Waals surface area contributed by atoms with Crippen LogP contribution in [0.25, 0.3) is 0 Å². The van der Waals surface area contributed by atoms with Crippen molar-refractivity contribution in [3.63, 3.8) is 0 Å². The van der Waals surface area contributed by atoms with Crippen LogP contribution in [-0.2, 0) is 9.53 Å². The molecular formula is C13H18N2O2S. The Morgan fingerprint density at radius 3 is 2.89 bits per heavy atom. The molecule has 1 aromatic rings. The normalized spacial score (nSPS) is 35.9. The summed E-state index contributed by atoms with van der Waals surface area (Å²) < 4.78 is 5.31. The number of amides is 1. The topological polar surface area (TPSA) is 41.6 Å². The summed E-state index contributed by atoms with van der Waals surface area (Å²) in [5.41, 5.74) is 1.19. The molecule has 2 heterocycles. The van der Waals surface area contributed by atoms with Crippen molar-refractivity contribution in [3.05, 3.63) is 22.4 Å². The minimum absolute atomic E-state index is 0.0431. The van der Waals surface area contributed by atoms with Crippen LogP contribution in [0.15, 0.2) is 16.8 Å². The molecule has 1 amide bonds. The molecular weight excluding hydrogens is 248 g/mol. The van der Waals surface area contributed by atoms with Gasteiger partial charge in [-0.1, -0.05) is 0 Å². The molecule has 1 saturated carbocycles. The van der Waals surface area contributed by atoms with Gasteiger partial charge in [-0.3, -0.25) is 10.1 Å². The average Bonchev–Trinajstić information content (AvgIpc) is 2.90. The van der Waals surface area contributed by atoms with Gasteiger partial charge in [0, 0.05) is 13.2 Å². The summed E-state index contributed by atoms with van der Waals surface area (Å²) in [7, 11) is 1.74. The highest BCUT2D eigenvalue weighted by molar-refractivity contribution is 7.07. The first-order chi connectivity index (χ1) is 8.70. The second-order valence-corrected chi connectivity index (χ2v) is 5.86. The van der Waals surface area contributed by atoms with E-state index in [-0.39, 0.29) is 18.1 Å². The molecule has 1 aromatic heterocycles. The van der Waals surface area contributed by atoms with Gasteiger partial charge in [-0.05, 0) is 42.2 Å². The van der Waals surface area contributed by atoms with Crippen LogP contribution in [0.2, 0.25) is 0 Å². The van der Waals surface area contributed by atoms with Crippen molar-refractivity contribution in [2.75, 3.05) is 7.11 Å². The Bertz CT molecular complexity index is 428. The molecule has 18 heavy (non-hydrogen) atoms. The van der Waals surface area contributed by atoms with Crippen molar-refractivity contribution in [1.82, 2.24) is 10.2 Å². The summed E-state index contributed by atoms with van der Waals surface area (Å²) in [5.74, 6) is 0.214. The molecule has 98 valence electrons. The molecule has 2 aliphatic rings. The van der Waals surface area contributed by atoms with Crippen LogP contribution in [0.1, 0.15) is 31.5 Å². The lowest BCUT2D eigenvalue weighted by Crippen LogP contribution is -2.50. The van der Waals surface area contributed by atoms with Crippen molar-refractivity contribution >= 4 is 17.2 Å². The fourth-order valence-corrected chi connectivity index (χ4v) is 3.45. The monoisotopic (exact) mass is 266 g/mol. The number of ether oxygens (including phenoxy) is 1. The number of methoxy groups -OCH3 is 1. The number of rotatable bonds is 3. The van der Waals surface area contributed by atoms with Crippen molar-refractivity contribution in [2.45, 2.75) is 44.1 Å². The van der Waals surface area contributed by atoms with Gasteiger partial charge >= 0.3 is 0 Å². The van der Waals surface area contributed by atoms with Crippen LogP contribution in [-0.4, -0.2) is 36.1 Å². The number of nitrogens with one attached hydrogen (secondary N) is 1. The second-order valence-electron chi connectivity index (χ2n) is 5.08. The Morgan fingerprint density at radius 1 is 1.50 bits per heavy atom. The van der Waals surface area contributed by atoms with Crippen molar-refractivity contribution in [2.24, 2.45) is 0 Å². The molecule has 5 heteroatoms. The maximum atomic E-state index is 12.3. The maximum absolute atomic E-state index is 12.3. The first-order valence-electron chi connectivity index (χ1n) is 6.34. The van der Waals surface area contributed by atoms with Crippen LogP contribution in [0.5, 0.6) is 0 Å². The summed E-state index contributed by atoms with van der Waals surface area (Å²) in [6.45, 7) is 1.94. The highest BCUT2D eigenvalue weighted by atomic mass is 32.1. The van der Waals surface area contributed by atoms with Crippen LogP contribution >= 0.6 is 11.3 Å². The summed E-state index contributed by atoms with van der Waals surface area (Å²) in [4.78, 5) is 14.3. The van der Waals surface area contributed by atoms with E-state index in [1.165, 1.54) is 5.56 Å². The van der Waals surface area contributed by atoms with Crippen LogP contribution in [0.4, 0.5) is 0 Å². The lowest BCUT2D eigenvalue weighted by molar-refractivity contribution is -0.137. The van der Waals surface area contributed by atoms with Gasteiger partial charge in [-0.15, -0.1) is 0 Å². The van der Waals surface area contributed by atoms with Gasteiger partial charge in [0.15, 0.2) is 0 Å². The van der Waals surface area contributed by atoms with E-state index in [0.717, 1.165) is 12.8 Å². The average molecular weight is 266 g/mol. The van der Waals surface area contributed by atoms with Crippen molar-refractivity contribution in [1.29, 1.82) is 0 Å². The summed E-state index contributed by atoms with van der Waals surface area (Å²) >= 11 is 1.67. The largest absolute Gasteiger partial charge is 0.381 e. The SMILES string of the molecule is COC1CC(N2C(=O)C(C)NC2c2ccsc2)C1. The molecule has 0 bridgehead atoms. The number of hydrogen-bond acceptors (Lipinski definition) is 4. The predicted molar refractivity (Wildman–Crippen MR) is 70.3 cm³/mol. The predicted octanol–water partition coefficient (Wildman–Crippen LogP) is 1.74. The Kier molecular flexibility index (Phi) is 3.13. The fourth-order valence-electron chi connectivity index (χ4n) is 2.77. The molecule has 0 radical (unpaired) electrons. The van der Waals surface area contributed by atoms with E-state index in [4.69, 9.17) is 4.74 Å². The Hall–Kier alpha value is -0.910. The Morgan fingerprint density at radius 2 is 2.28 bits per heavy atom. The smallest absolute Gasteiger partial charge is 0.241 e. The molecule has 3 rings (SSSR count). The summed E-state index contributed by atoms with van der Waals surface area (Å²) in [6, 6.07) is 2.33. The van der Waals surface area contributed by atoms with Crippen LogP contribution < -0.4 is 5.32 Å². The Labute approximate surface area is 111 Å². The quantitative estimate of drug-likeness (QED) is 0.906. The van der Waals surface area contributed by atoms with E-state index in [0.29, 0.717) is 12.1 Å². The number of nitrogens with zero attached hydrogens (tertiary/aromatic N) is 1. The lowest BCUT2D eigenvalue weighted by Gasteiger charge is -2.42. The van der Waals surface area contributed by atoms with E-state index in [1.807, 2.05) is 11.8 Å². The number of carbonyl (C=O) groups is 1. The molecule has 0 spiro atoms. The fraction of sp³-hybridized carbons (Fsp3) is 0.615. The number of hydrogen-bond donors (Lipinski definition) is 1. The number of thiophene rings is 1. The van der Waals surface area contributed by atoms with Gasteiger partial charge in [0.05, 0.1) is 12.1 Å². The van der Waals surface area contributed by atoms with E-state index in [2.05, 4.69) is 22.1 Å². The van der Waals surface area contributed by atoms with Crippen molar-refractivity contribution < 1.29 is 9.53 Å². The molecule has 1 saturated heterocycles. The number of carbonyl (C=O) groups excluding carboxylic acids is 1. The van der Waals surface area contributed by atoms with Gasteiger partial charge in [0.25, 0.3) is 0 Å². The standard InChI is InChI=1S/C13H18N2O2S/c1-8-13(16)15(10-5-11(6-10)17-2)12(14-8)9-3-4-18-7-9/h3-4,7-8,10-12,14H,5-6H2,1-2H3. The first-order valence-corrected chi connectivity index (χ1v) is 7.28. The minimum atomic E-state index is -0.0866. The first kappa shape index (κ1) is 12.1. The van der Waals surface area contributed by atoms with Gasteiger partial charge in [0.2, 0.25) is 5.91 Å². The minimum Gasteiger partial charge on any atom is -0.381 e.